The summed E-state index contributed by atoms with van der Waals surface area (Å²) in [4.78, 5) is 4.54. The number of hydrogen-bond donors (Lipinski definition) is 3. The van der Waals surface area contributed by atoms with E-state index in [1.54, 1.807) is 24.3 Å². The molecule has 0 aromatic heterocycles. The number of aryl methyl sites for hydroxylation is 1. The summed E-state index contributed by atoms with van der Waals surface area (Å²) in [5, 5.41) is 6.18. The van der Waals surface area contributed by atoms with Gasteiger partial charge in [0.25, 0.3) is 0 Å². The highest BCUT2D eigenvalue weighted by atomic mass is 32.2. The zero-order chi connectivity index (χ0) is 14.4. The average Bonchev–Trinajstić information content (AvgIpc) is 2.45. The molecule has 6 nitrogen and oxygen atoms in total. The largest absolute Gasteiger partial charge is 0.356 e. The number of guanidine groups is 1. The Bertz CT molecular complexity index is 567. The quantitative estimate of drug-likeness (QED) is 0.679. The third-order valence-electron chi connectivity index (χ3n) is 2.94. The van der Waals surface area contributed by atoms with E-state index < -0.39 is 10.0 Å². The molecule has 1 aliphatic heterocycles. The van der Waals surface area contributed by atoms with Gasteiger partial charge in [-0.2, -0.15) is 0 Å². The molecule has 1 aliphatic rings. The lowest BCUT2D eigenvalue weighted by atomic mass is 10.2. The molecule has 0 saturated carbocycles. The summed E-state index contributed by atoms with van der Waals surface area (Å²) in [6.45, 7) is 4.45. The van der Waals surface area contributed by atoms with E-state index in [-0.39, 0.29) is 4.90 Å². The normalized spacial score (nSPS) is 15.3. The van der Waals surface area contributed by atoms with E-state index in [0.717, 1.165) is 31.0 Å². The predicted octanol–water partition coefficient (Wildman–Crippen LogP) is 0.212. The highest BCUT2D eigenvalue weighted by molar-refractivity contribution is 7.89. The lowest BCUT2D eigenvalue weighted by Gasteiger charge is -2.16. The van der Waals surface area contributed by atoms with Crippen LogP contribution in [0, 0.1) is 6.92 Å². The lowest BCUT2D eigenvalue weighted by Crippen LogP contribution is -2.43. The molecule has 0 radical (unpaired) electrons. The number of sulfonamides is 1. The summed E-state index contributed by atoms with van der Waals surface area (Å²) in [6.07, 6.45) is 1.03. The third kappa shape index (κ3) is 4.21. The van der Waals surface area contributed by atoms with E-state index in [2.05, 4.69) is 20.3 Å². The van der Waals surface area contributed by atoms with Crippen LogP contribution in [0.15, 0.2) is 34.2 Å². The molecule has 0 spiro atoms. The van der Waals surface area contributed by atoms with Crippen molar-refractivity contribution in [1.29, 1.82) is 0 Å². The van der Waals surface area contributed by atoms with E-state index in [1.807, 2.05) is 6.92 Å². The molecular weight excluding hydrogens is 276 g/mol. The molecule has 0 bridgehead atoms. The molecule has 0 atom stereocenters. The van der Waals surface area contributed by atoms with Crippen LogP contribution in [-0.2, 0) is 10.0 Å². The van der Waals surface area contributed by atoms with E-state index in [1.165, 1.54) is 0 Å². The molecule has 2 rings (SSSR count). The maximum absolute atomic E-state index is 12.0. The van der Waals surface area contributed by atoms with Crippen LogP contribution in [0.25, 0.3) is 0 Å². The Morgan fingerprint density at radius 2 is 2.00 bits per heavy atom. The van der Waals surface area contributed by atoms with Gasteiger partial charge in [0.2, 0.25) is 10.0 Å². The third-order valence-corrected chi connectivity index (χ3v) is 4.41. The molecule has 7 heteroatoms. The van der Waals surface area contributed by atoms with Gasteiger partial charge in [0.05, 0.1) is 4.90 Å². The highest BCUT2D eigenvalue weighted by Gasteiger charge is 2.12. The molecule has 0 amide bonds. The molecule has 1 aromatic rings. The van der Waals surface area contributed by atoms with Crippen molar-refractivity contribution in [1.82, 2.24) is 15.4 Å². The molecule has 0 aliphatic carbocycles. The fraction of sp³-hybridized carbons (Fsp3) is 0.462. The highest BCUT2D eigenvalue weighted by Crippen LogP contribution is 2.09. The van der Waals surface area contributed by atoms with Crippen molar-refractivity contribution in [3.63, 3.8) is 0 Å². The minimum atomic E-state index is -3.43. The smallest absolute Gasteiger partial charge is 0.240 e. The fourth-order valence-electron chi connectivity index (χ4n) is 1.82. The second kappa shape index (κ2) is 6.71. The van der Waals surface area contributed by atoms with Crippen LogP contribution in [0.4, 0.5) is 0 Å². The minimum absolute atomic E-state index is 0.288. The van der Waals surface area contributed by atoms with Crippen LogP contribution >= 0.6 is 0 Å². The van der Waals surface area contributed by atoms with Crippen molar-refractivity contribution < 1.29 is 8.42 Å². The number of aliphatic imine (C=N–C) groups is 1. The van der Waals surface area contributed by atoms with Crippen LogP contribution in [0.1, 0.15) is 12.0 Å². The first-order valence-electron chi connectivity index (χ1n) is 6.66. The Labute approximate surface area is 119 Å². The zero-order valence-electron chi connectivity index (χ0n) is 11.5. The van der Waals surface area contributed by atoms with Crippen molar-refractivity contribution in [2.24, 2.45) is 4.99 Å². The summed E-state index contributed by atoms with van der Waals surface area (Å²) >= 11 is 0. The molecule has 1 aromatic carbocycles. The molecule has 0 unspecified atom stereocenters. The van der Waals surface area contributed by atoms with Crippen molar-refractivity contribution in [3.8, 4) is 0 Å². The van der Waals surface area contributed by atoms with Gasteiger partial charge in [-0.3, -0.25) is 4.99 Å². The van der Waals surface area contributed by atoms with E-state index in [9.17, 15) is 8.42 Å². The van der Waals surface area contributed by atoms with Crippen LogP contribution < -0.4 is 15.4 Å². The molecular formula is C13H20N4O2S. The maximum atomic E-state index is 12.0. The van der Waals surface area contributed by atoms with Gasteiger partial charge in [-0.05, 0) is 25.5 Å². The number of rotatable bonds is 5. The number of benzene rings is 1. The van der Waals surface area contributed by atoms with Gasteiger partial charge in [0.15, 0.2) is 5.96 Å². The first-order chi connectivity index (χ1) is 9.58. The van der Waals surface area contributed by atoms with E-state index in [4.69, 9.17) is 0 Å². The summed E-state index contributed by atoms with van der Waals surface area (Å²) in [5.41, 5.74) is 1.03. The topological polar surface area (TPSA) is 82.6 Å². The van der Waals surface area contributed by atoms with E-state index >= 15 is 0 Å². The standard InChI is InChI=1S/C13H20N4O2S/c1-11-3-5-12(6-4-11)20(18,19)17-10-9-16-13-14-7-2-8-15-13/h3-6,17H,2,7-10H2,1H3,(H2,14,15,16). The summed E-state index contributed by atoms with van der Waals surface area (Å²) in [6, 6.07) is 6.79. The second-order valence-electron chi connectivity index (χ2n) is 4.65. The van der Waals surface area contributed by atoms with Gasteiger partial charge in [0.1, 0.15) is 0 Å². The molecule has 3 N–H and O–H groups in total. The van der Waals surface area contributed by atoms with Gasteiger partial charge in [-0.1, -0.05) is 17.7 Å². The Morgan fingerprint density at radius 1 is 1.25 bits per heavy atom. The fourth-order valence-corrected chi connectivity index (χ4v) is 2.85. The average molecular weight is 296 g/mol. The first kappa shape index (κ1) is 14.8. The van der Waals surface area contributed by atoms with Gasteiger partial charge in [-0.25, -0.2) is 13.1 Å². The van der Waals surface area contributed by atoms with Gasteiger partial charge < -0.3 is 10.6 Å². The number of nitrogens with one attached hydrogen (secondary N) is 3. The zero-order valence-corrected chi connectivity index (χ0v) is 12.3. The van der Waals surface area contributed by atoms with Crippen molar-refractivity contribution >= 4 is 16.0 Å². The maximum Gasteiger partial charge on any atom is 0.240 e. The second-order valence-corrected chi connectivity index (χ2v) is 6.42. The number of hydrogen-bond acceptors (Lipinski definition) is 5. The van der Waals surface area contributed by atoms with Crippen LogP contribution in [-0.4, -0.2) is 40.6 Å². The van der Waals surface area contributed by atoms with Crippen LogP contribution in [0.5, 0.6) is 0 Å². The minimum Gasteiger partial charge on any atom is -0.356 e. The van der Waals surface area contributed by atoms with Crippen molar-refractivity contribution in [3.05, 3.63) is 29.8 Å². The summed E-state index contributed by atoms with van der Waals surface area (Å²) in [5.74, 6) is 0.741. The molecule has 110 valence electrons. The Morgan fingerprint density at radius 3 is 2.65 bits per heavy atom. The summed E-state index contributed by atoms with van der Waals surface area (Å²) in [7, 11) is -3.43. The molecule has 0 saturated heterocycles. The van der Waals surface area contributed by atoms with Gasteiger partial charge >= 0.3 is 0 Å². The Hall–Kier alpha value is -1.60. The van der Waals surface area contributed by atoms with Gasteiger partial charge in [-0.15, -0.1) is 0 Å². The van der Waals surface area contributed by atoms with Crippen LogP contribution in [0.2, 0.25) is 0 Å². The molecule has 20 heavy (non-hydrogen) atoms. The van der Waals surface area contributed by atoms with Gasteiger partial charge in [0, 0.05) is 26.2 Å². The molecule has 1 heterocycles. The van der Waals surface area contributed by atoms with Crippen molar-refractivity contribution in [2.75, 3.05) is 26.2 Å². The predicted molar refractivity (Wildman–Crippen MR) is 79.3 cm³/mol. The van der Waals surface area contributed by atoms with E-state index in [0.29, 0.717) is 13.1 Å². The van der Waals surface area contributed by atoms with Crippen LogP contribution in [0.3, 0.4) is 0 Å². The summed E-state index contributed by atoms with van der Waals surface area (Å²) < 4.78 is 26.6. The Kier molecular flexibility index (Phi) is 4.97. The monoisotopic (exact) mass is 296 g/mol. The number of nitrogens with zero attached hydrogens (tertiary/aromatic N) is 1. The lowest BCUT2D eigenvalue weighted by molar-refractivity contribution is 0.580. The SMILES string of the molecule is Cc1ccc(S(=O)(=O)NCCNC2=NCCCN2)cc1. The Balaban J connectivity index is 1.80. The molecule has 0 fully saturated rings. The first-order valence-corrected chi connectivity index (χ1v) is 8.15. The van der Waals surface area contributed by atoms with Crippen molar-refractivity contribution in [2.45, 2.75) is 18.2 Å².